The SMILES string of the molecule is CNCC(=O)N1CCN(C)C(=O)C1. The van der Waals surface area contributed by atoms with Crippen molar-refractivity contribution in [1.82, 2.24) is 15.1 Å². The Labute approximate surface area is 77.7 Å². The third-order valence-electron chi connectivity index (χ3n) is 2.14. The van der Waals surface area contributed by atoms with Gasteiger partial charge in [-0.05, 0) is 7.05 Å². The van der Waals surface area contributed by atoms with Crippen LogP contribution in [0.3, 0.4) is 0 Å². The molecule has 0 atom stereocenters. The third-order valence-corrected chi connectivity index (χ3v) is 2.14. The summed E-state index contributed by atoms with van der Waals surface area (Å²) in [6, 6.07) is 0. The van der Waals surface area contributed by atoms with E-state index >= 15 is 0 Å². The average Bonchev–Trinajstić information content (AvgIpc) is 2.10. The van der Waals surface area contributed by atoms with E-state index in [2.05, 4.69) is 5.32 Å². The molecule has 13 heavy (non-hydrogen) atoms. The van der Waals surface area contributed by atoms with Crippen LogP contribution in [0.2, 0.25) is 0 Å². The average molecular weight is 185 g/mol. The molecule has 0 aromatic carbocycles. The number of hydrogen-bond acceptors (Lipinski definition) is 3. The summed E-state index contributed by atoms with van der Waals surface area (Å²) in [7, 11) is 3.47. The Hall–Kier alpha value is -1.10. The Morgan fingerprint density at radius 1 is 1.54 bits per heavy atom. The number of nitrogens with one attached hydrogen (secondary N) is 1. The standard InChI is InChI=1S/C8H15N3O2/c1-9-5-7(12)11-4-3-10(2)8(13)6-11/h9H,3-6H2,1-2H3. The molecule has 2 amide bonds. The van der Waals surface area contributed by atoms with Crippen molar-refractivity contribution >= 4 is 11.8 Å². The van der Waals surface area contributed by atoms with Crippen LogP contribution in [0.25, 0.3) is 0 Å². The fourth-order valence-corrected chi connectivity index (χ4v) is 1.23. The second-order valence-electron chi connectivity index (χ2n) is 3.16. The Bertz CT molecular complexity index is 217. The van der Waals surface area contributed by atoms with Crippen LogP contribution in [0.1, 0.15) is 0 Å². The highest BCUT2D eigenvalue weighted by atomic mass is 16.2. The zero-order chi connectivity index (χ0) is 9.84. The van der Waals surface area contributed by atoms with Gasteiger partial charge >= 0.3 is 0 Å². The second kappa shape index (κ2) is 4.23. The lowest BCUT2D eigenvalue weighted by Crippen LogP contribution is -2.52. The van der Waals surface area contributed by atoms with E-state index in [4.69, 9.17) is 0 Å². The van der Waals surface area contributed by atoms with Gasteiger partial charge in [0, 0.05) is 20.1 Å². The molecule has 0 aromatic heterocycles. The number of likely N-dealkylation sites (N-methyl/N-ethyl adjacent to an activating group) is 2. The summed E-state index contributed by atoms with van der Waals surface area (Å²) < 4.78 is 0. The summed E-state index contributed by atoms with van der Waals surface area (Å²) in [5.74, 6) is -0.000321. The van der Waals surface area contributed by atoms with Crippen LogP contribution in [-0.4, -0.2) is 61.9 Å². The highest BCUT2D eigenvalue weighted by molar-refractivity contribution is 5.86. The highest BCUT2D eigenvalue weighted by Gasteiger charge is 2.23. The van der Waals surface area contributed by atoms with E-state index in [-0.39, 0.29) is 18.4 Å². The molecule has 74 valence electrons. The Kier molecular flexibility index (Phi) is 3.25. The predicted octanol–water partition coefficient (Wildman–Crippen LogP) is -1.49. The summed E-state index contributed by atoms with van der Waals surface area (Å²) in [4.78, 5) is 25.8. The summed E-state index contributed by atoms with van der Waals surface area (Å²) in [6.07, 6.45) is 0. The van der Waals surface area contributed by atoms with E-state index < -0.39 is 0 Å². The number of hydrogen-bond donors (Lipinski definition) is 1. The molecule has 0 bridgehead atoms. The summed E-state index contributed by atoms with van der Waals surface area (Å²) in [6.45, 7) is 1.80. The summed E-state index contributed by atoms with van der Waals surface area (Å²) in [5, 5.41) is 2.77. The molecule has 5 heteroatoms. The molecule has 1 aliphatic heterocycles. The van der Waals surface area contributed by atoms with Gasteiger partial charge < -0.3 is 15.1 Å². The zero-order valence-electron chi connectivity index (χ0n) is 8.04. The first-order valence-corrected chi connectivity index (χ1v) is 4.31. The van der Waals surface area contributed by atoms with Crippen LogP contribution in [0.4, 0.5) is 0 Å². The van der Waals surface area contributed by atoms with Crippen LogP contribution in [0, 0.1) is 0 Å². The molecule has 1 N–H and O–H groups in total. The lowest BCUT2D eigenvalue weighted by molar-refractivity contribution is -0.143. The molecule has 0 radical (unpaired) electrons. The Balaban J connectivity index is 2.45. The third kappa shape index (κ3) is 2.42. The lowest BCUT2D eigenvalue weighted by Gasteiger charge is -2.31. The van der Waals surface area contributed by atoms with E-state index in [9.17, 15) is 9.59 Å². The van der Waals surface area contributed by atoms with Crippen molar-refractivity contribution in [2.75, 3.05) is 40.3 Å². The van der Waals surface area contributed by atoms with Crippen LogP contribution < -0.4 is 5.32 Å². The molecule has 1 fully saturated rings. The molecule has 0 saturated carbocycles. The van der Waals surface area contributed by atoms with Crippen molar-refractivity contribution in [3.63, 3.8) is 0 Å². The quantitative estimate of drug-likeness (QED) is 0.570. The smallest absolute Gasteiger partial charge is 0.241 e. The van der Waals surface area contributed by atoms with Crippen LogP contribution in [-0.2, 0) is 9.59 Å². The molecule has 1 rings (SSSR count). The Morgan fingerprint density at radius 3 is 2.77 bits per heavy atom. The molecule has 0 spiro atoms. The lowest BCUT2D eigenvalue weighted by atomic mass is 10.3. The van der Waals surface area contributed by atoms with Crippen LogP contribution in [0.5, 0.6) is 0 Å². The van der Waals surface area contributed by atoms with Crippen molar-refractivity contribution in [1.29, 1.82) is 0 Å². The molecule has 0 aromatic rings. The van der Waals surface area contributed by atoms with Crippen molar-refractivity contribution in [3.8, 4) is 0 Å². The van der Waals surface area contributed by atoms with Gasteiger partial charge in [-0.25, -0.2) is 0 Å². The van der Waals surface area contributed by atoms with E-state index in [1.807, 2.05) is 0 Å². The number of rotatable bonds is 2. The van der Waals surface area contributed by atoms with Crippen LogP contribution >= 0.6 is 0 Å². The first-order chi connectivity index (χ1) is 6.15. The van der Waals surface area contributed by atoms with Crippen molar-refractivity contribution < 1.29 is 9.59 Å². The molecular formula is C8H15N3O2. The van der Waals surface area contributed by atoms with E-state index in [0.717, 1.165) is 0 Å². The van der Waals surface area contributed by atoms with Gasteiger partial charge in [-0.3, -0.25) is 9.59 Å². The normalized spacial score (nSPS) is 17.8. The van der Waals surface area contributed by atoms with Crippen molar-refractivity contribution in [2.24, 2.45) is 0 Å². The largest absolute Gasteiger partial charge is 0.342 e. The van der Waals surface area contributed by atoms with Gasteiger partial charge in [-0.1, -0.05) is 0 Å². The summed E-state index contributed by atoms with van der Waals surface area (Å²) >= 11 is 0. The monoisotopic (exact) mass is 185 g/mol. The highest BCUT2D eigenvalue weighted by Crippen LogP contribution is 2.00. The first kappa shape index (κ1) is 9.98. The topological polar surface area (TPSA) is 52.7 Å². The minimum absolute atomic E-state index is 0.00991. The maximum absolute atomic E-state index is 11.3. The fraction of sp³-hybridized carbons (Fsp3) is 0.750. The maximum atomic E-state index is 11.3. The van der Waals surface area contributed by atoms with E-state index in [1.54, 1.807) is 23.9 Å². The number of amides is 2. The minimum Gasteiger partial charge on any atom is -0.342 e. The second-order valence-corrected chi connectivity index (χ2v) is 3.16. The van der Waals surface area contributed by atoms with Gasteiger partial charge in [-0.15, -0.1) is 0 Å². The molecule has 1 saturated heterocycles. The van der Waals surface area contributed by atoms with Crippen LogP contribution in [0.15, 0.2) is 0 Å². The van der Waals surface area contributed by atoms with Gasteiger partial charge in [0.2, 0.25) is 11.8 Å². The molecule has 1 aliphatic rings. The number of nitrogens with zero attached hydrogens (tertiary/aromatic N) is 2. The number of piperazine rings is 1. The van der Waals surface area contributed by atoms with Gasteiger partial charge in [0.25, 0.3) is 0 Å². The Morgan fingerprint density at radius 2 is 2.23 bits per heavy atom. The fourth-order valence-electron chi connectivity index (χ4n) is 1.23. The minimum atomic E-state index is -0.0102. The zero-order valence-corrected chi connectivity index (χ0v) is 8.04. The molecule has 0 aliphatic carbocycles. The molecule has 0 unspecified atom stereocenters. The molecule has 1 heterocycles. The van der Waals surface area contributed by atoms with Gasteiger partial charge in [0.1, 0.15) is 0 Å². The molecule has 5 nitrogen and oxygen atoms in total. The number of carbonyl (C=O) groups excluding carboxylic acids is 2. The maximum Gasteiger partial charge on any atom is 0.241 e. The number of carbonyl (C=O) groups is 2. The van der Waals surface area contributed by atoms with E-state index in [1.165, 1.54) is 0 Å². The van der Waals surface area contributed by atoms with Crippen molar-refractivity contribution in [2.45, 2.75) is 0 Å². The van der Waals surface area contributed by atoms with Gasteiger partial charge in [-0.2, -0.15) is 0 Å². The van der Waals surface area contributed by atoms with Crippen molar-refractivity contribution in [3.05, 3.63) is 0 Å². The molecular weight excluding hydrogens is 170 g/mol. The van der Waals surface area contributed by atoms with Gasteiger partial charge in [0.05, 0.1) is 13.1 Å². The predicted molar refractivity (Wildman–Crippen MR) is 48.1 cm³/mol. The van der Waals surface area contributed by atoms with Gasteiger partial charge in [0.15, 0.2) is 0 Å². The first-order valence-electron chi connectivity index (χ1n) is 4.31. The summed E-state index contributed by atoms with van der Waals surface area (Å²) in [5.41, 5.74) is 0. The van der Waals surface area contributed by atoms with E-state index in [0.29, 0.717) is 19.6 Å².